The van der Waals surface area contributed by atoms with Crippen LogP contribution in [-0.4, -0.2) is 17.6 Å². The molecule has 0 aliphatic carbocycles. The molecule has 0 unspecified atom stereocenters. The summed E-state index contributed by atoms with van der Waals surface area (Å²) in [5, 5.41) is 2.64. The van der Waals surface area contributed by atoms with E-state index in [1.54, 1.807) is 24.1 Å². The Kier molecular flexibility index (Phi) is 4.81. The minimum Gasteiger partial charge on any atom is -0.461 e. The Labute approximate surface area is 120 Å². The maximum Gasteiger partial charge on any atom is 0.357 e. The fourth-order valence-corrected chi connectivity index (χ4v) is 3.06. The van der Waals surface area contributed by atoms with Gasteiger partial charge in [0, 0.05) is 16.0 Å². The molecule has 0 amide bonds. The van der Waals surface area contributed by atoms with Crippen molar-refractivity contribution < 1.29 is 9.53 Å². The second-order valence-corrected chi connectivity index (χ2v) is 5.70. The number of thiazole rings is 1. The van der Waals surface area contributed by atoms with E-state index in [4.69, 9.17) is 10.5 Å². The molecule has 100 valence electrons. The van der Waals surface area contributed by atoms with Crippen LogP contribution in [0, 0.1) is 0 Å². The van der Waals surface area contributed by atoms with Gasteiger partial charge in [0.15, 0.2) is 5.69 Å². The van der Waals surface area contributed by atoms with Crippen LogP contribution in [0.3, 0.4) is 0 Å². The minimum absolute atomic E-state index is 0.359. The lowest BCUT2D eigenvalue weighted by atomic mass is 10.3. The standard InChI is InChI=1S/C13H14N2O2S2/c1-2-17-13(16)11-7-19-12(15-11)8-18-10-5-3-9(14)4-6-10/h3-7H,2,8,14H2,1H3. The summed E-state index contributed by atoms with van der Waals surface area (Å²) in [6, 6.07) is 7.68. The monoisotopic (exact) mass is 294 g/mol. The highest BCUT2D eigenvalue weighted by atomic mass is 32.2. The van der Waals surface area contributed by atoms with Gasteiger partial charge in [0.2, 0.25) is 0 Å². The van der Waals surface area contributed by atoms with E-state index in [0.29, 0.717) is 12.3 Å². The number of aromatic nitrogens is 1. The van der Waals surface area contributed by atoms with Crippen molar-refractivity contribution in [3.05, 3.63) is 40.3 Å². The Morgan fingerprint density at radius 3 is 2.84 bits per heavy atom. The zero-order valence-corrected chi connectivity index (χ0v) is 12.1. The molecule has 0 saturated carbocycles. The van der Waals surface area contributed by atoms with Gasteiger partial charge in [0.1, 0.15) is 5.01 Å². The highest BCUT2D eigenvalue weighted by molar-refractivity contribution is 7.98. The van der Waals surface area contributed by atoms with Gasteiger partial charge >= 0.3 is 5.97 Å². The molecule has 0 aliphatic heterocycles. The van der Waals surface area contributed by atoms with Gasteiger partial charge in [-0.25, -0.2) is 9.78 Å². The predicted octanol–water partition coefficient (Wildman–Crippen LogP) is 3.19. The van der Waals surface area contributed by atoms with Gasteiger partial charge in [-0.3, -0.25) is 0 Å². The van der Waals surface area contributed by atoms with Crippen molar-refractivity contribution in [2.45, 2.75) is 17.6 Å². The van der Waals surface area contributed by atoms with Gasteiger partial charge in [-0.05, 0) is 31.2 Å². The number of hydrogen-bond acceptors (Lipinski definition) is 6. The normalized spacial score (nSPS) is 10.4. The van der Waals surface area contributed by atoms with E-state index >= 15 is 0 Å². The maximum absolute atomic E-state index is 11.5. The number of nitrogens with zero attached hydrogens (tertiary/aromatic N) is 1. The number of hydrogen-bond donors (Lipinski definition) is 1. The van der Waals surface area contributed by atoms with Crippen LogP contribution in [0.15, 0.2) is 34.5 Å². The van der Waals surface area contributed by atoms with E-state index in [1.807, 2.05) is 24.3 Å². The predicted molar refractivity (Wildman–Crippen MR) is 78.5 cm³/mol. The maximum atomic E-state index is 11.5. The molecule has 0 aliphatic rings. The molecular weight excluding hydrogens is 280 g/mol. The zero-order valence-electron chi connectivity index (χ0n) is 10.5. The molecule has 2 N–H and O–H groups in total. The number of carbonyl (C=O) groups excluding carboxylic acids is 1. The molecule has 1 aromatic heterocycles. The third kappa shape index (κ3) is 3.97. The summed E-state index contributed by atoms with van der Waals surface area (Å²) < 4.78 is 4.90. The van der Waals surface area contributed by atoms with Crippen molar-refractivity contribution in [1.82, 2.24) is 4.98 Å². The lowest BCUT2D eigenvalue weighted by Gasteiger charge is -1.99. The first kappa shape index (κ1) is 13.9. The van der Waals surface area contributed by atoms with Crippen molar-refractivity contribution in [2.75, 3.05) is 12.3 Å². The quantitative estimate of drug-likeness (QED) is 0.521. The second kappa shape index (κ2) is 6.58. The van der Waals surface area contributed by atoms with Crippen LogP contribution in [0.25, 0.3) is 0 Å². The summed E-state index contributed by atoms with van der Waals surface area (Å²) in [5.41, 5.74) is 6.77. The third-order valence-corrected chi connectivity index (χ3v) is 4.33. The fraction of sp³-hybridized carbons (Fsp3) is 0.231. The first-order valence-electron chi connectivity index (χ1n) is 5.79. The molecule has 0 fully saturated rings. The Hall–Kier alpha value is -1.53. The van der Waals surface area contributed by atoms with Gasteiger partial charge in [0.05, 0.1) is 12.4 Å². The van der Waals surface area contributed by atoms with E-state index in [9.17, 15) is 4.79 Å². The van der Waals surface area contributed by atoms with Crippen molar-refractivity contribution >= 4 is 34.8 Å². The van der Waals surface area contributed by atoms with Crippen molar-refractivity contribution in [3.8, 4) is 0 Å². The average molecular weight is 294 g/mol. The lowest BCUT2D eigenvalue weighted by molar-refractivity contribution is 0.0520. The Balaban J connectivity index is 1.93. The summed E-state index contributed by atoms with van der Waals surface area (Å²) in [4.78, 5) is 16.9. The van der Waals surface area contributed by atoms with Crippen molar-refractivity contribution in [2.24, 2.45) is 0 Å². The van der Waals surface area contributed by atoms with Crippen molar-refractivity contribution in [3.63, 3.8) is 0 Å². The van der Waals surface area contributed by atoms with Crippen LogP contribution in [0.4, 0.5) is 5.69 Å². The van der Waals surface area contributed by atoms with Crippen molar-refractivity contribution in [1.29, 1.82) is 0 Å². The average Bonchev–Trinajstić information content (AvgIpc) is 2.87. The summed E-state index contributed by atoms with van der Waals surface area (Å²) >= 11 is 3.13. The molecule has 19 heavy (non-hydrogen) atoms. The summed E-state index contributed by atoms with van der Waals surface area (Å²) in [6.45, 7) is 2.15. The molecule has 0 spiro atoms. The van der Waals surface area contributed by atoms with E-state index in [-0.39, 0.29) is 5.97 Å². The second-order valence-electron chi connectivity index (χ2n) is 3.70. The van der Waals surface area contributed by atoms with Gasteiger partial charge in [-0.1, -0.05) is 0 Å². The minimum atomic E-state index is -0.359. The molecule has 0 bridgehead atoms. The van der Waals surface area contributed by atoms with Gasteiger partial charge in [0.25, 0.3) is 0 Å². The van der Waals surface area contributed by atoms with Crippen LogP contribution in [-0.2, 0) is 10.5 Å². The van der Waals surface area contributed by atoms with Crippen LogP contribution in [0.2, 0.25) is 0 Å². The molecule has 1 heterocycles. The first-order valence-corrected chi connectivity index (χ1v) is 7.65. The van der Waals surface area contributed by atoms with E-state index in [2.05, 4.69) is 4.98 Å². The molecule has 6 heteroatoms. The highest BCUT2D eigenvalue weighted by Crippen LogP contribution is 2.25. The number of carbonyl (C=O) groups is 1. The molecule has 2 rings (SSSR count). The van der Waals surface area contributed by atoms with Crippen LogP contribution >= 0.6 is 23.1 Å². The van der Waals surface area contributed by atoms with Crippen LogP contribution in [0.1, 0.15) is 22.4 Å². The molecular formula is C13H14N2O2S2. The van der Waals surface area contributed by atoms with Gasteiger partial charge in [-0.2, -0.15) is 0 Å². The number of thioether (sulfide) groups is 1. The smallest absolute Gasteiger partial charge is 0.357 e. The molecule has 0 atom stereocenters. The molecule has 1 aromatic carbocycles. The number of benzene rings is 1. The van der Waals surface area contributed by atoms with E-state index < -0.39 is 0 Å². The highest BCUT2D eigenvalue weighted by Gasteiger charge is 2.11. The van der Waals surface area contributed by atoms with Crippen LogP contribution in [0.5, 0.6) is 0 Å². The molecule has 0 saturated heterocycles. The third-order valence-electron chi connectivity index (χ3n) is 2.28. The van der Waals surface area contributed by atoms with Gasteiger partial charge in [-0.15, -0.1) is 23.1 Å². The number of anilines is 1. The SMILES string of the molecule is CCOC(=O)c1csc(CSc2ccc(N)cc2)n1. The number of nitrogen functional groups attached to an aromatic ring is 1. The lowest BCUT2D eigenvalue weighted by Crippen LogP contribution is -2.04. The topological polar surface area (TPSA) is 65.2 Å². The van der Waals surface area contributed by atoms with Crippen LogP contribution < -0.4 is 5.73 Å². The Morgan fingerprint density at radius 2 is 2.16 bits per heavy atom. The summed E-state index contributed by atoms with van der Waals surface area (Å²) in [7, 11) is 0. The van der Waals surface area contributed by atoms with Gasteiger partial charge < -0.3 is 10.5 Å². The van der Waals surface area contributed by atoms with E-state index in [1.165, 1.54) is 11.3 Å². The molecule has 0 radical (unpaired) electrons. The molecule has 2 aromatic rings. The zero-order chi connectivity index (χ0) is 13.7. The summed E-state index contributed by atoms with van der Waals surface area (Å²) in [6.07, 6.45) is 0. The number of esters is 1. The Bertz CT molecular complexity index is 552. The molecule has 4 nitrogen and oxygen atoms in total. The number of rotatable bonds is 5. The fourth-order valence-electron chi connectivity index (χ4n) is 1.39. The number of ether oxygens (including phenoxy) is 1. The Morgan fingerprint density at radius 1 is 1.42 bits per heavy atom. The largest absolute Gasteiger partial charge is 0.461 e. The summed E-state index contributed by atoms with van der Waals surface area (Å²) in [5.74, 6) is 0.371. The first-order chi connectivity index (χ1) is 9.19. The van der Waals surface area contributed by atoms with E-state index in [0.717, 1.165) is 21.3 Å². The number of nitrogens with two attached hydrogens (primary N) is 1.